The highest BCUT2D eigenvalue weighted by Crippen LogP contribution is 2.18. The Bertz CT molecular complexity index is 657. The first kappa shape index (κ1) is 15.3. The summed E-state index contributed by atoms with van der Waals surface area (Å²) >= 11 is 0. The molecule has 0 radical (unpaired) electrons. The third-order valence-electron chi connectivity index (χ3n) is 3.68. The molecule has 0 saturated carbocycles. The van der Waals surface area contributed by atoms with Crippen molar-refractivity contribution in [3.63, 3.8) is 0 Å². The van der Waals surface area contributed by atoms with Gasteiger partial charge in [-0.25, -0.2) is 9.78 Å². The van der Waals surface area contributed by atoms with Crippen LogP contribution in [0.3, 0.4) is 0 Å². The predicted molar refractivity (Wildman–Crippen MR) is 86.4 cm³/mol. The molecular formula is C17H19N3O3. The number of anilines is 1. The molecule has 0 unspecified atom stereocenters. The molecule has 1 fully saturated rings. The summed E-state index contributed by atoms with van der Waals surface area (Å²) in [5, 5.41) is 2.77. The predicted octanol–water partition coefficient (Wildman–Crippen LogP) is 2.52. The molecule has 2 heterocycles. The number of rotatable bonds is 5. The molecule has 1 saturated heterocycles. The molecule has 23 heavy (non-hydrogen) atoms. The van der Waals surface area contributed by atoms with Crippen LogP contribution >= 0.6 is 0 Å². The number of hydrogen-bond donors (Lipinski definition) is 1. The average Bonchev–Trinajstić information content (AvgIpc) is 2.53. The van der Waals surface area contributed by atoms with E-state index in [1.807, 2.05) is 30.3 Å². The molecule has 1 aromatic heterocycles. The van der Waals surface area contributed by atoms with E-state index in [0.29, 0.717) is 31.3 Å². The second-order valence-corrected chi connectivity index (χ2v) is 5.34. The summed E-state index contributed by atoms with van der Waals surface area (Å²) < 4.78 is 10.9. The number of likely N-dealkylation sites (tertiary alicyclic amines) is 1. The van der Waals surface area contributed by atoms with E-state index in [1.54, 1.807) is 30.3 Å². The highest BCUT2D eigenvalue weighted by atomic mass is 16.5. The van der Waals surface area contributed by atoms with Crippen molar-refractivity contribution in [2.45, 2.75) is 12.7 Å². The Morgan fingerprint density at radius 3 is 2.83 bits per heavy atom. The third-order valence-corrected chi connectivity index (χ3v) is 3.68. The number of nitrogens with zero attached hydrogens (tertiary/aromatic N) is 2. The summed E-state index contributed by atoms with van der Waals surface area (Å²) in [7, 11) is 1.65. The molecule has 0 spiro atoms. The van der Waals surface area contributed by atoms with E-state index < -0.39 is 0 Å². The van der Waals surface area contributed by atoms with E-state index >= 15 is 0 Å². The van der Waals surface area contributed by atoms with E-state index in [-0.39, 0.29) is 12.1 Å². The zero-order chi connectivity index (χ0) is 16.1. The van der Waals surface area contributed by atoms with Crippen molar-refractivity contribution >= 4 is 11.8 Å². The van der Waals surface area contributed by atoms with Crippen molar-refractivity contribution in [1.82, 2.24) is 9.88 Å². The van der Waals surface area contributed by atoms with Gasteiger partial charge >= 0.3 is 6.03 Å². The van der Waals surface area contributed by atoms with Gasteiger partial charge in [0.05, 0.1) is 19.2 Å². The molecular weight excluding hydrogens is 294 g/mol. The molecule has 2 aromatic rings. The van der Waals surface area contributed by atoms with Gasteiger partial charge < -0.3 is 14.4 Å². The zero-order valence-corrected chi connectivity index (χ0v) is 12.9. The van der Waals surface area contributed by atoms with Crippen molar-refractivity contribution in [2.24, 2.45) is 0 Å². The number of nitrogens with one attached hydrogen (secondary N) is 1. The Hall–Kier alpha value is -2.60. The summed E-state index contributed by atoms with van der Waals surface area (Å²) in [5.41, 5.74) is 1.08. The molecule has 1 aliphatic heterocycles. The van der Waals surface area contributed by atoms with Gasteiger partial charge in [0.15, 0.2) is 0 Å². The first-order valence-electron chi connectivity index (χ1n) is 7.46. The van der Waals surface area contributed by atoms with Crippen molar-refractivity contribution in [3.05, 3.63) is 54.2 Å². The Morgan fingerprint density at radius 2 is 2.09 bits per heavy atom. The van der Waals surface area contributed by atoms with Gasteiger partial charge in [0, 0.05) is 19.4 Å². The minimum atomic E-state index is -0.175. The van der Waals surface area contributed by atoms with Gasteiger partial charge in [0.2, 0.25) is 0 Å². The van der Waals surface area contributed by atoms with Crippen molar-refractivity contribution in [1.29, 1.82) is 0 Å². The van der Waals surface area contributed by atoms with E-state index in [1.165, 1.54) is 0 Å². The van der Waals surface area contributed by atoms with Crippen LogP contribution in [0.1, 0.15) is 5.56 Å². The van der Waals surface area contributed by atoms with Crippen molar-refractivity contribution in [3.8, 4) is 5.75 Å². The van der Waals surface area contributed by atoms with Gasteiger partial charge in [-0.05, 0) is 11.6 Å². The second-order valence-electron chi connectivity index (χ2n) is 5.34. The molecule has 120 valence electrons. The van der Waals surface area contributed by atoms with Gasteiger partial charge in [-0.1, -0.05) is 30.3 Å². The van der Waals surface area contributed by atoms with Crippen LogP contribution in [-0.2, 0) is 11.3 Å². The van der Waals surface area contributed by atoms with Crippen LogP contribution in [0.2, 0.25) is 0 Å². The highest BCUT2D eigenvalue weighted by molar-refractivity contribution is 5.89. The maximum atomic E-state index is 12.0. The number of benzene rings is 1. The number of pyridine rings is 1. The monoisotopic (exact) mass is 313 g/mol. The standard InChI is InChI=1S/C17H19N3O3/c1-22-15-10-20(11-15)17(21)19-16-9-14(7-8-18-16)23-12-13-5-3-2-4-6-13/h2-9,15H,10-12H2,1H3,(H,18,19,21). The van der Waals surface area contributed by atoms with Crippen LogP contribution in [0, 0.1) is 0 Å². The largest absolute Gasteiger partial charge is 0.489 e. The Balaban J connectivity index is 1.54. The van der Waals surface area contributed by atoms with E-state index in [0.717, 1.165) is 5.56 Å². The number of urea groups is 1. The van der Waals surface area contributed by atoms with Crippen LogP contribution in [0.15, 0.2) is 48.7 Å². The summed E-state index contributed by atoms with van der Waals surface area (Å²) in [6.07, 6.45) is 1.75. The molecule has 6 nitrogen and oxygen atoms in total. The minimum absolute atomic E-state index is 0.134. The number of carbonyl (C=O) groups is 1. The molecule has 1 N–H and O–H groups in total. The van der Waals surface area contributed by atoms with Crippen LogP contribution in [0.25, 0.3) is 0 Å². The maximum Gasteiger partial charge on any atom is 0.323 e. The quantitative estimate of drug-likeness (QED) is 0.921. The van der Waals surface area contributed by atoms with E-state index in [9.17, 15) is 4.79 Å². The number of aromatic nitrogens is 1. The lowest BCUT2D eigenvalue weighted by atomic mass is 10.2. The van der Waals surface area contributed by atoms with E-state index in [2.05, 4.69) is 10.3 Å². The first-order valence-corrected chi connectivity index (χ1v) is 7.46. The second kappa shape index (κ2) is 7.11. The van der Waals surface area contributed by atoms with Gasteiger partial charge in [-0.15, -0.1) is 0 Å². The smallest absolute Gasteiger partial charge is 0.323 e. The van der Waals surface area contributed by atoms with Gasteiger partial charge in [-0.3, -0.25) is 5.32 Å². The van der Waals surface area contributed by atoms with Crippen LogP contribution in [0.5, 0.6) is 5.75 Å². The topological polar surface area (TPSA) is 63.7 Å². The number of methoxy groups -OCH3 is 1. The zero-order valence-electron chi connectivity index (χ0n) is 12.9. The fraction of sp³-hybridized carbons (Fsp3) is 0.294. The molecule has 0 bridgehead atoms. The number of hydrogen-bond acceptors (Lipinski definition) is 4. The van der Waals surface area contributed by atoms with E-state index in [4.69, 9.17) is 9.47 Å². The summed E-state index contributed by atoms with van der Waals surface area (Å²) in [6, 6.07) is 13.2. The molecule has 2 amide bonds. The van der Waals surface area contributed by atoms with Gasteiger partial charge in [0.25, 0.3) is 0 Å². The van der Waals surface area contributed by atoms with Crippen LogP contribution in [0.4, 0.5) is 10.6 Å². The molecule has 6 heteroatoms. The summed E-state index contributed by atoms with van der Waals surface area (Å²) in [6.45, 7) is 1.68. The number of amides is 2. The van der Waals surface area contributed by atoms with Crippen LogP contribution in [-0.4, -0.2) is 42.2 Å². The summed E-state index contributed by atoms with van der Waals surface area (Å²) in [5.74, 6) is 1.14. The third kappa shape index (κ3) is 3.98. The van der Waals surface area contributed by atoms with Crippen molar-refractivity contribution in [2.75, 3.05) is 25.5 Å². The molecule has 3 rings (SSSR count). The Kier molecular flexibility index (Phi) is 4.73. The first-order chi connectivity index (χ1) is 11.2. The molecule has 0 aliphatic carbocycles. The fourth-order valence-corrected chi connectivity index (χ4v) is 2.25. The highest BCUT2D eigenvalue weighted by Gasteiger charge is 2.30. The van der Waals surface area contributed by atoms with Gasteiger partial charge in [-0.2, -0.15) is 0 Å². The lowest BCUT2D eigenvalue weighted by Crippen LogP contribution is -2.55. The fourth-order valence-electron chi connectivity index (χ4n) is 2.25. The minimum Gasteiger partial charge on any atom is -0.489 e. The SMILES string of the molecule is COC1CN(C(=O)Nc2cc(OCc3ccccc3)ccn2)C1. The van der Waals surface area contributed by atoms with Crippen LogP contribution < -0.4 is 10.1 Å². The Labute approximate surface area is 135 Å². The number of ether oxygens (including phenoxy) is 2. The van der Waals surface area contributed by atoms with Gasteiger partial charge in [0.1, 0.15) is 18.2 Å². The molecule has 1 aromatic carbocycles. The van der Waals surface area contributed by atoms with Crippen molar-refractivity contribution < 1.29 is 14.3 Å². The maximum absolute atomic E-state index is 12.0. The normalized spacial score (nSPS) is 14.2. The molecule has 1 aliphatic rings. The average molecular weight is 313 g/mol. The Morgan fingerprint density at radius 1 is 1.30 bits per heavy atom. The number of carbonyl (C=O) groups excluding carboxylic acids is 1. The lowest BCUT2D eigenvalue weighted by molar-refractivity contribution is -0.00467. The lowest BCUT2D eigenvalue weighted by Gasteiger charge is -2.37. The molecule has 0 atom stereocenters. The summed E-state index contributed by atoms with van der Waals surface area (Å²) in [4.78, 5) is 17.8.